The van der Waals surface area contributed by atoms with Crippen LogP contribution in [0, 0.1) is 6.92 Å². The van der Waals surface area contributed by atoms with Gasteiger partial charge in [-0.15, -0.1) is 12.4 Å². The Kier molecular flexibility index (Phi) is 4.64. The lowest BCUT2D eigenvalue weighted by Gasteiger charge is -2.07. The molecule has 0 spiro atoms. The molecule has 0 amide bonds. The van der Waals surface area contributed by atoms with Gasteiger partial charge in [0.25, 0.3) is 0 Å². The normalized spacial score (nSPS) is 11.0. The summed E-state index contributed by atoms with van der Waals surface area (Å²) in [7, 11) is 0. The van der Waals surface area contributed by atoms with Crippen molar-refractivity contribution < 1.29 is 0 Å². The predicted octanol–water partition coefficient (Wildman–Crippen LogP) is 6.29. The first-order valence-corrected chi connectivity index (χ1v) is 7.83. The van der Waals surface area contributed by atoms with E-state index in [9.17, 15) is 0 Å². The molecule has 24 heavy (non-hydrogen) atoms. The van der Waals surface area contributed by atoms with E-state index in [4.69, 9.17) is 4.98 Å². The van der Waals surface area contributed by atoms with Gasteiger partial charge in [-0.3, -0.25) is 0 Å². The third-order valence-electron chi connectivity index (χ3n) is 4.18. The van der Waals surface area contributed by atoms with Crippen LogP contribution in [0.4, 0.5) is 0 Å². The Morgan fingerprint density at radius 3 is 2.33 bits per heavy atom. The molecule has 0 bridgehead atoms. The maximum absolute atomic E-state index is 4.89. The Labute approximate surface area is 148 Å². The zero-order valence-electron chi connectivity index (χ0n) is 13.4. The smallest absolute Gasteiger partial charge is 0.0790 e. The fourth-order valence-electron chi connectivity index (χ4n) is 2.99. The van der Waals surface area contributed by atoms with Crippen LogP contribution in [0.1, 0.15) is 16.8 Å². The van der Waals surface area contributed by atoms with Gasteiger partial charge in [0.05, 0.1) is 11.2 Å². The molecule has 1 aromatic heterocycles. The fraction of sp³-hybridized carbons (Fsp3) is 0.0455. The van der Waals surface area contributed by atoms with Crippen LogP contribution in [0.15, 0.2) is 72.8 Å². The topological polar surface area (TPSA) is 12.9 Å². The summed E-state index contributed by atoms with van der Waals surface area (Å²) < 4.78 is 0. The van der Waals surface area contributed by atoms with Crippen LogP contribution in [0.25, 0.3) is 33.8 Å². The van der Waals surface area contributed by atoms with E-state index in [2.05, 4.69) is 73.7 Å². The van der Waals surface area contributed by atoms with E-state index in [1.807, 2.05) is 18.2 Å². The van der Waals surface area contributed by atoms with Crippen LogP contribution in [0.2, 0.25) is 0 Å². The SMILES string of the molecule is Cc1cc(/C=C/c2ccccc2)nc2c1ccc1ccccc12.Cl. The van der Waals surface area contributed by atoms with Gasteiger partial charge in [0, 0.05) is 10.8 Å². The molecule has 1 heterocycles. The molecule has 0 radical (unpaired) electrons. The Morgan fingerprint density at radius 2 is 1.50 bits per heavy atom. The first-order valence-electron chi connectivity index (χ1n) is 7.83. The third-order valence-corrected chi connectivity index (χ3v) is 4.18. The first-order chi connectivity index (χ1) is 11.3. The zero-order chi connectivity index (χ0) is 15.6. The Bertz CT molecular complexity index is 1020. The second-order valence-electron chi connectivity index (χ2n) is 5.79. The maximum atomic E-state index is 4.89. The molecule has 1 nitrogen and oxygen atoms in total. The molecular formula is C22H18ClN. The number of hydrogen-bond donors (Lipinski definition) is 0. The van der Waals surface area contributed by atoms with Crippen molar-refractivity contribution in [1.82, 2.24) is 4.98 Å². The van der Waals surface area contributed by atoms with E-state index in [0.717, 1.165) is 11.2 Å². The summed E-state index contributed by atoms with van der Waals surface area (Å²) in [6.45, 7) is 2.15. The van der Waals surface area contributed by atoms with E-state index in [1.165, 1.54) is 27.3 Å². The number of fused-ring (bicyclic) bond motifs is 3. The highest BCUT2D eigenvalue weighted by Crippen LogP contribution is 2.27. The van der Waals surface area contributed by atoms with Gasteiger partial charge in [-0.25, -0.2) is 4.98 Å². The molecule has 0 fully saturated rings. The number of benzene rings is 3. The molecule has 0 saturated heterocycles. The number of aryl methyl sites for hydroxylation is 1. The average Bonchev–Trinajstić information content (AvgIpc) is 2.61. The van der Waals surface area contributed by atoms with Crippen LogP contribution < -0.4 is 0 Å². The predicted molar refractivity (Wildman–Crippen MR) is 107 cm³/mol. The molecule has 0 unspecified atom stereocenters. The number of pyridine rings is 1. The van der Waals surface area contributed by atoms with Crippen LogP contribution in [0.5, 0.6) is 0 Å². The van der Waals surface area contributed by atoms with Crippen LogP contribution in [0.3, 0.4) is 0 Å². The van der Waals surface area contributed by atoms with Crippen LogP contribution >= 0.6 is 12.4 Å². The van der Waals surface area contributed by atoms with Gasteiger partial charge in [-0.1, -0.05) is 72.8 Å². The number of hydrogen-bond acceptors (Lipinski definition) is 1. The standard InChI is InChI=1S/C22H17N.ClH/c1-16-15-19(13-11-17-7-3-2-4-8-17)23-22-20(16)14-12-18-9-5-6-10-21(18)22;/h2-15H,1H3;1H/b13-11+;. The monoisotopic (exact) mass is 331 g/mol. The Morgan fingerprint density at radius 1 is 0.750 bits per heavy atom. The average molecular weight is 332 g/mol. The fourth-order valence-corrected chi connectivity index (χ4v) is 2.99. The van der Waals surface area contributed by atoms with Crippen molar-refractivity contribution >= 4 is 46.2 Å². The van der Waals surface area contributed by atoms with E-state index in [1.54, 1.807) is 0 Å². The molecule has 0 N–H and O–H groups in total. The molecule has 0 aliphatic rings. The van der Waals surface area contributed by atoms with Crippen molar-refractivity contribution in [2.75, 3.05) is 0 Å². The molecule has 118 valence electrons. The Balaban J connectivity index is 0.00000169. The molecule has 0 aliphatic carbocycles. The molecule has 2 heteroatoms. The summed E-state index contributed by atoms with van der Waals surface area (Å²) in [5.74, 6) is 0. The maximum Gasteiger partial charge on any atom is 0.0790 e. The summed E-state index contributed by atoms with van der Waals surface area (Å²) in [5.41, 5.74) is 4.52. The number of aromatic nitrogens is 1. The summed E-state index contributed by atoms with van der Waals surface area (Å²) in [4.78, 5) is 4.89. The molecule has 4 rings (SSSR count). The number of nitrogens with zero attached hydrogens (tertiary/aromatic N) is 1. The second-order valence-corrected chi connectivity index (χ2v) is 5.79. The molecule has 0 atom stereocenters. The van der Waals surface area contributed by atoms with Crippen molar-refractivity contribution in [3.8, 4) is 0 Å². The lowest BCUT2D eigenvalue weighted by molar-refractivity contribution is 1.35. The van der Waals surface area contributed by atoms with E-state index in [-0.39, 0.29) is 12.4 Å². The molecular weight excluding hydrogens is 314 g/mol. The van der Waals surface area contributed by atoms with Gasteiger partial charge in [-0.05, 0) is 35.6 Å². The van der Waals surface area contributed by atoms with E-state index >= 15 is 0 Å². The van der Waals surface area contributed by atoms with E-state index in [0.29, 0.717) is 0 Å². The molecule has 0 saturated carbocycles. The minimum atomic E-state index is 0. The lowest BCUT2D eigenvalue weighted by atomic mass is 10.0. The summed E-state index contributed by atoms with van der Waals surface area (Å²) in [6, 6.07) is 25.2. The largest absolute Gasteiger partial charge is 0.248 e. The minimum absolute atomic E-state index is 0. The molecule has 0 aliphatic heterocycles. The summed E-state index contributed by atoms with van der Waals surface area (Å²) in [5, 5.41) is 3.67. The van der Waals surface area contributed by atoms with Gasteiger partial charge in [-0.2, -0.15) is 0 Å². The zero-order valence-corrected chi connectivity index (χ0v) is 14.3. The highest BCUT2D eigenvalue weighted by Gasteiger charge is 2.05. The lowest BCUT2D eigenvalue weighted by Crippen LogP contribution is -1.89. The highest BCUT2D eigenvalue weighted by molar-refractivity contribution is 6.06. The van der Waals surface area contributed by atoms with Crippen molar-refractivity contribution in [3.05, 3.63) is 89.6 Å². The van der Waals surface area contributed by atoms with Crippen LogP contribution in [-0.2, 0) is 0 Å². The number of rotatable bonds is 2. The molecule has 3 aromatic carbocycles. The van der Waals surface area contributed by atoms with Gasteiger partial charge in [0.2, 0.25) is 0 Å². The van der Waals surface area contributed by atoms with Crippen molar-refractivity contribution in [2.24, 2.45) is 0 Å². The second kappa shape index (κ2) is 6.86. The Hall–Kier alpha value is -2.64. The third kappa shape index (κ3) is 3.04. The number of halogens is 1. The minimum Gasteiger partial charge on any atom is -0.248 e. The van der Waals surface area contributed by atoms with Gasteiger partial charge in [0.1, 0.15) is 0 Å². The van der Waals surface area contributed by atoms with Crippen LogP contribution in [-0.4, -0.2) is 4.98 Å². The van der Waals surface area contributed by atoms with Gasteiger partial charge in [0.15, 0.2) is 0 Å². The van der Waals surface area contributed by atoms with Crippen molar-refractivity contribution in [3.63, 3.8) is 0 Å². The first kappa shape index (κ1) is 16.2. The van der Waals surface area contributed by atoms with Crippen molar-refractivity contribution in [1.29, 1.82) is 0 Å². The highest BCUT2D eigenvalue weighted by atomic mass is 35.5. The van der Waals surface area contributed by atoms with E-state index < -0.39 is 0 Å². The van der Waals surface area contributed by atoms with Gasteiger partial charge < -0.3 is 0 Å². The quantitative estimate of drug-likeness (QED) is 0.393. The summed E-state index contributed by atoms with van der Waals surface area (Å²) >= 11 is 0. The van der Waals surface area contributed by atoms with Crippen molar-refractivity contribution in [2.45, 2.75) is 6.92 Å². The molecule has 4 aromatic rings. The summed E-state index contributed by atoms with van der Waals surface area (Å²) in [6.07, 6.45) is 4.20. The van der Waals surface area contributed by atoms with Gasteiger partial charge >= 0.3 is 0 Å².